The topological polar surface area (TPSA) is 89.2 Å². The van der Waals surface area contributed by atoms with Crippen LogP contribution in [0.3, 0.4) is 0 Å². The van der Waals surface area contributed by atoms with Crippen molar-refractivity contribution in [3.63, 3.8) is 0 Å². The summed E-state index contributed by atoms with van der Waals surface area (Å²) >= 11 is 0. The van der Waals surface area contributed by atoms with Gasteiger partial charge in [-0.05, 0) is 0 Å². The van der Waals surface area contributed by atoms with E-state index in [4.69, 9.17) is 10.6 Å². The number of halogens is 3. The molecule has 1 aromatic heterocycles. The van der Waals surface area contributed by atoms with Crippen molar-refractivity contribution in [3.05, 3.63) is 0 Å². The number of rotatable bonds is 4. The number of nitrogens with zero attached hydrogens (tertiary/aromatic N) is 4. The Kier molecular flexibility index (Phi) is 3.89. The van der Waals surface area contributed by atoms with Crippen LogP contribution in [0, 0.1) is 0 Å². The lowest BCUT2D eigenvalue weighted by Gasteiger charge is -2.19. The number of methoxy groups -OCH3 is 1. The molecule has 0 unspecified atom stereocenters. The monoisotopic (exact) mass is 252 g/mol. The number of hydrogen-bond donors (Lipinski definition) is 2. The Bertz CT molecular complexity index is 362. The second-order valence-corrected chi connectivity index (χ2v) is 3.06. The van der Waals surface area contributed by atoms with Gasteiger partial charge in [0, 0.05) is 7.05 Å². The number of nitrogens with two attached hydrogens (primary N) is 1. The number of nitrogen functional groups attached to an aromatic ring is 1. The third kappa shape index (κ3) is 3.90. The highest BCUT2D eigenvalue weighted by Crippen LogP contribution is 2.19. The summed E-state index contributed by atoms with van der Waals surface area (Å²) in [5.41, 5.74) is 2.11. The minimum absolute atomic E-state index is 0.0825. The summed E-state index contributed by atoms with van der Waals surface area (Å²) in [6.07, 6.45) is -4.36. The molecule has 7 nitrogen and oxygen atoms in total. The van der Waals surface area contributed by atoms with Crippen molar-refractivity contribution in [3.8, 4) is 6.01 Å². The fourth-order valence-corrected chi connectivity index (χ4v) is 1.01. The molecule has 17 heavy (non-hydrogen) atoms. The summed E-state index contributed by atoms with van der Waals surface area (Å²) in [5, 5.41) is 0. The molecule has 96 valence electrons. The minimum atomic E-state index is -4.36. The van der Waals surface area contributed by atoms with Gasteiger partial charge in [0.05, 0.1) is 7.11 Å². The molecule has 0 fully saturated rings. The molecule has 0 amide bonds. The van der Waals surface area contributed by atoms with Crippen molar-refractivity contribution >= 4 is 11.9 Å². The summed E-state index contributed by atoms with van der Waals surface area (Å²) in [7, 11) is 2.48. The Balaban J connectivity index is 2.96. The van der Waals surface area contributed by atoms with E-state index in [0.29, 0.717) is 0 Å². The number of ether oxygens (including phenoxy) is 1. The van der Waals surface area contributed by atoms with Crippen LogP contribution in [-0.4, -0.2) is 41.8 Å². The number of hydrogen-bond acceptors (Lipinski definition) is 7. The van der Waals surface area contributed by atoms with Crippen LogP contribution in [0.5, 0.6) is 6.01 Å². The first-order valence-electron chi connectivity index (χ1n) is 4.40. The first-order chi connectivity index (χ1) is 7.85. The summed E-state index contributed by atoms with van der Waals surface area (Å²) in [6.45, 7) is -1.19. The first-order valence-corrected chi connectivity index (χ1v) is 4.40. The number of alkyl halides is 3. The van der Waals surface area contributed by atoms with Crippen molar-refractivity contribution in [2.75, 3.05) is 31.0 Å². The summed E-state index contributed by atoms with van der Waals surface area (Å²) in [5.74, 6) is 4.80. The van der Waals surface area contributed by atoms with E-state index in [1.54, 1.807) is 0 Å². The molecule has 0 bridgehead atoms. The van der Waals surface area contributed by atoms with E-state index in [1.807, 2.05) is 0 Å². The fourth-order valence-electron chi connectivity index (χ4n) is 1.01. The molecular formula is C7H11F3N6O. The van der Waals surface area contributed by atoms with E-state index in [1.165, 1.54) is 14.2 Å². The van der Waals surface area contributed by atoms with Gasteiger partial charge in [-0.25, -0.2) is 5.84 Å². The predicted octanol–water partition coefficient (Wildman–Crippen LogP) is 0.164. The lowest BCUT2D eigenvalue weighted by molar-refractivity contribution is -0.119. The number of hydrazine groups is 1. The molecule has 0 spiro atoms. The van der Waals surface area contributed by atoms with Crippen LogP contribution in [0.15, 0.2) is 0 Å². The molecule has 0 aromatic carbocycles. The molecule has 1 aromatic rings. The van der Waals surface area contributed by atoms with Gasteiger partial charge < -0.3 is 9.64 Å². The van der Waals surface area contributed by atoms with Crippen LogP contribution in [0.4, 0.5) is 25.1 Å². The highest BCUT2D eigenvalue weighted by molar-refractivity contribution is 5.37. The molecule has 0 saturated heterocycles. The standard InChI is InChI=1S/C7H11F3N6O/c1-16(3-7(8,9)10)5-12-4(15-11)13-6(14-5)17-2/h3,11H2,1-2H3,(H,12,13,14,15). The zero-order valence-electron chi connectivity index (χ0n) is 9.12. The molecule has 0 aliphatic heterocycles. The number of aromatic nitrogens is 3. The smallest absolute Gasteiger partial charge is 0.406 e. The zero-order chi connectivity index (χ0) is 13.1. The largest absolute Gasteiger partial charge is 0.467 e. The maximum atomic E-state index is 12.2. The Morgan fingerprint density at radius 3 is 2.47 bits per heavy atom. The van der Waals surface area contributed by atoms with Gasteiger partial charge in [-0.15, -0.1) is 0 Å². The maximum Gasteiger partial charge on any atom is 0.406 e. The van der Waals surface area contributed by atoms with E-state index < -0.39 is 12.7 Å². The van der Waals surface area contributed by atoms with Gasteiger partial charge in [0.25, 0.3) is 0 Å². The maximum absolute atomic E-state index is 12.2. The van der Waals surface area contributed by atoms with Crippen molar-refractivity contribution in [1.29, 1.82) is 0 Å². The lowest BCUT2D eigenvalue weighted by Crippen LogP contribution is -2.32. The van der Waals surface area contributed by atoms with Gasteiger partial charge in [0.2, 0.25) is 11.9 Å². The third-order valence-corrected chi connectivity index (χ3v) is 1.67. The molecule has 3 N–H and O–H groups in total. The van der Waals surface area contributed by atoms with Crippen LogP contribution in [0.1, 0.15) is 0 Å². The van der Waals surface area contributed by atoms with Crippen LogP contribution in [-0.2, 0) is 0 Å². The van der Waals surface area contributed by atoms with Gasteiger partial charge >= 0.3 is 12.2 Å². The van der Waals surface area contributed by atoms with Crippen molar-refractivity contribution in [2.45, 2.75) is 6.18 Å². The van der Waals surface area contributed by atoms with Gasteiger partial charge in [0.1, 0.15) is 6.54 Å². The average Bonchev–Trinajstić information content (AvgIpc) is 2.26. The van der Waals surface area contributed by atoms with Crippen LogP contribution in [0.2, 0.25) is 0 Å². The van der Waals surface area contributed by atoms with E-state index in [0.717, 1.165) is 4.90 Å². The van der Waals surface area contributed by atoms with Gasteiger partial charge in [-0.3, -0.25) is 5.43 Å². The van der Waals surface area contributed by atoms with Gasteiger partial charge in [0.15, 0.2) is 0 Å². The lowest BCUT2D eigenvalue weighted by atomic mass is 10.5. The fraction of sp³-hybridized carbons (Fsp3) is 0.571. The first kappa shape index (κ1) is 13.2. The average molecular weight is 252 g/mol. The second kappa shape index (κ2) is 4.99. The summed E-state index contributed by atoms with van der Waals surface area (Å²) < 4.78 is 41.2. The molecule has 0 aliphatic rings. The van der Waals surface area contributed by atoms with E-state index >= 15 is 0 Å². The second-order valence-electron chi connectivity index (χ2n) is 3.06. The summed E-state index contributed by atoms with van der Waals surface area (Å²) in [6, 6.07) is -0.128. The SMILES string of the molecule is COc1nc(NN)nc(N(C)CC(F)(F)F)n1. The Labute approximate surface area is 94.8 Å². The van der Waals surface area contributed by atoms with Crippen LogP contribution >= 0.6 is 0 Å². The molecular weight excluding hydrogens is 241 g/mol. The van der Waals surface area contributed by atoms with Crippen LogP contribution < -0.4 is 20.9 Å². The summed E-state index contributed by atoms with van der Waals surface area (Å²) in [4.78, 5) is 11.8. The van der Waals surface area contributed by atoms with E-state index in [2.05, 4.69) is 20.4 Å². The van der Waals surface area contributed by atoms with Crippen molar-refractivity contribution in [1.82, 2.24) is 15.0 Å². The van der Waals surface area contributed by atoms with Gasteiger partial charge in [-0.2, -0.15) is 28.1 Å². The van der Waals surface area contributed by atoms with Crippen molar-refractivity contribution < 1.29 is 17.9 Å². The molecule has 1 heterocycles. The van der Waals surface area contributed by atoms with E-state index in [-0.39, 0.29) is 17.9 Å². The molecule has 0 atom stereocenters. The highest BCUT2D eigenvalue weighted by atomic mass is 19.4. The van der Waals surface area contributed by atoms with Crippen molar-refractivity contribution in [2.24, 2.45) is 5.84 Å². The molecule has 1 rings (SSSR count). The molecule has 0 saturated carbocycles. The molecule has 10 heteroatoms. The normalized spacial score (nSPS) is 11.2. The van der Waals surface area contributed by atoms with Gasteiger partial charge in [-0.1, -0.05) is 0 Å². The molecule has 0 radical (unpaired) electrons. The predicted molar refractivity (Wildman–Crippen MR) is 53.5 cm³/mol. The van der Waals surface area contributed by atoms with Crippen LogP contribution in [0.25, 0.3) is 0 Å². The Morgan fingerprint density at radius 1 is 1.35 bits per heavy atom. The zero-order valence-corrected chi connectivity index (χ0v) is 9.12. The highest BCUT2D eigenvalue weighted by Gasteiger charge is 2.30. The number of nitrogens with one attached hydrogen (secondary N) is 1. The Hall–Kier alpha value is -1.84. The third-order valence-electron chi connectivity index (χ3n) is 1.67. The molecule has 0 aliphatic carbocycles. The quantitative estimate of drug-likeness (QED) is 0.583. The van der Waals surface area contributed by atoms with E-state index in [9.17, 15) is 13.2 Å². The Morgan fingerprint density at radius 2 is 2.00 bits per heavy atom. The minimum Gasteiger partial charge on any atom is -0.467 e. The number of anilines is 2.